The number of carbonyl (C=O) groups excluding carboxylic acids is 1. The molecule has 2 nitrogen and oxygen atoms in total. The molecule has 0 saturated heterocycles. The quantitative estimate of drug-likeness (QED) is 0.392. The minimum absolute atomic E-state index is 0.00186. The molecule has 206 valence electrons. The van der Waals surface area contributed by atoms with E-state index in [2.05, 4.69) is 55.4 Å². The first-order valence-electron chi connectivity index (χ1n) is 15.8. The SMILES string of the molecule is CCC1=C2[C@H](C)CCC3C(CC)(CCC4C(C)(C)[C@@H](O)CC[C@@]43C)[C@H](CC)CC[C@@]2(C(C)=O)CC1C. The van der Waals surface area contributed by atoms with Crippen LogP contribution in [-0.2, 0) is 4.79 Å². The summed E-state index contributed by atoms with van der Waals surface area (Å²) in [6.07, 6.45) is 14.0. The fraction of sp³-hybridized carbons (Fsp3) is 0.912. The molecule has 2 heteroatoms. The molecule has 4 rings (SSSR count). The number of Topliss-reactive ketones (excluding diaryl/α,β-unsaturated/α-hetero) is 1. The molecule has 0 bridgehead atoms. The lowest BCUT2D eigenvalue weighted by Gasteiger charge is -2.66. The van der Waals surface area contributed by atoms with Gasteiger partial charge in [-0.25, -0.2) is 0 Å². The number of fused-ring (bicyclic) bond motifs is 4. The van der Waals surface area contributed by atoms with Crippen LogP contribution in [0.4, 0.5) is 0 Å². The van der Waals surface area contributed by atoms with E-state index >= 15 is 0 Å². The zero-order valence-electron chi connectivity index (χ0n) is 25.3. The summed E-state index contributed by atoms with van der Waals surface area (Å²) in [5.41, 5.74) is 3.64. The zero-order chi connectivity index (χ0) is 26.7. The van der Waals surface area contributed by atoms with Gasteiger partial charge in [-0.3, -0.25) is 4.79 Å². The molecule has 1 N–H and O–H groups in total. The number of allylic oxidation sites excluding steroid dienone is 2. The van der Waals surface area contributed by atoms with Crippen molar-refractivity contribution in [2.75, 3.05) is 0 Å². The van der Waals surface area contributed by atoms with Crippen molar-refractivity contribution in [3.05, 3.63) is 11.1 Å². The van der Waals surface area contributed by atoms with E-state index in [0.29, 0.717) is 46.2 Å². The van der Waals surface area contributed by atoms with Crippen LogP contribution in [0, 0.1) is 51.2 Å². The van der Waals surface area contributed by atoms with Crippen molar-refractivity contribution in [2.24, 2.45) is 51.2 Å². The van der Waals surface area contributed by atoms with Crippen LogP contribution in [0.5, 0.6) is 0 Å². The molecule has 3 fully saturated rings. The van der Waals surface area contributed by atoms with Crippen molar-refractivity contribution in [1.82, 2.24) is 0 Å². The molecule has 4 aliphatic rings. The van der Waals surface area contributed by atoms with Crippen LogP contribution in [0.25, 0.3) is 0 Å². The highest BCUT2D eigenvalue weighted by Crippen LogP contribution is 2.69. The molecule has 4 unspecified atom stereocenters. The van der Waals surface area contributed by atoms with Crippen molar-refractivity contribution in [3.63, 3.8) is 0 Å². The molecule has 9 atom stereocenters. The van der Waals surface area contributed by atoms with E-state index < -0.39 is 0 Å². The first kappa shape index (κ1) is 28.4. The van der Waals surface area contributed by atoms with Crippen molar-refractivity contribution < 1.29 is 9.90 Å². The smallest absolute Gasteiger partial charge is 0.140 e. The Morgan fingerprint density at radius 2 is 1.58 bits per heavy atom. The van der Waals surface area contributed by atoms with Gasteiger partial charge in [0.2, 0.25) is 0 Å². The van der Waals surface area contributed by atoms with Gasteiger partial charge in [0.25, 0.3) is 0 Å². The molecular weight excluding hydrogens is 440 g/mol. The second-order valence-electron chi connectivity index (χ2n) is 14.8. The number of rotatable bonds is 4. The van der Waals surface area contributed by atoms with Crippen molar-refractivity contribution in [3.8, 4) is 0 Å². The van der Waals surface area contributed by atoms with Gasteiger partial charge < -0.3 is 5.11 Å². The van der Waals surface area contributed by atoms with Gasteiger partial charge in [0.1, 0.15) is 5.78 Å². The Kier molecular flexibility index (Phi) is 7.76. The second kappa shape index (κ2) is 9.84. The molecular formula is C34H58O2. The number of ketones is 1. The molecule has 4 aliphatic carbocycles. The van der Waals surface area contributed by atoms with E-state index in [-0.39, 0.29) is 16.9 Å². The van der Waals surface area contributed by atoms with Crippen molar-refractivity contribution in [1.29, 1.82) is 0 Å². The molecule has 36 heavy (non-hydrogen) atoms. The van der Waals surface area contributed by atoms with E-state index in [4.69, 9.17) is 0 Å². The first-order valence-corrected chi connectivity index (χ1v) is 15.8. The molecule has 0 amide bonds. The Labute approximate surface area is 223 Å². The summed E-state index contributed by atoms with van der Waals surface area (Å²) in [5, 5.41) is 11.1. The highest BCUT2D eigenvalue weighted by atomic mass is 16.3. The summed E-state index contributed by atoms with van der Waals surface area (Å²) in [7, 11) is 0. The fourth-order valence-corrected chi connectivity index (χ4v) is 11.5. The number of hydrogen-bond donors (Lipinski definition) is 1. The molecule has 0 aromatic heterocycles. The van der Waals surface area contributed by atoms with Gasteiger partial charge in [-0.15, -0.1) is 0 Å². The molecule has 0 aromatic carbocycles. The first-order chi connectivity index (χ1) is 16.9. The van der Waals surface area contributed by atoms with Crippen LogP contribution < -0.4 is 0 Å². The summed E-state index contributed by atoms with van der Waals surface area (Å²) >= 11 is 0. The van der Waals surface area contributed by atoms with Gasteiger partial charge in [-0.1, -0.05) is 73.0 Å². The highest BCUT2D eigenvalue weighted by Gasteiger charge is 2.62. The summed E-state index contributed by atoms with van der Waals surface area (Å²) in [5.74, 6) is 3.47. The molecule has 0 radical (unpaired) electrons. The normalized spacial score (nSPS) is 47.1. The van der Waals surface area contributed by atoms with Crippen molar-refractivity contribution in [2.45, 2.75) is 145 Å². The summed E-state index contributed by atoms with van der Waals surface area (Å²) in [6, 6.07) is 0. The third-order valence-corrected chi connectivity index (χ3v) is 13.3. The number of carbonyl (C=O) groups is 1. The predicted molar refractivity (Wildman–Crippen MR) is 152 cm³/mol. The van der Waals surface area contributed by atoms with Gasteiger partial charge in [0.15, 0.2) is 0 Å². The predicted octanol–water partition coefficient (Wildman–Crippen LogP) is 9.15. The summed E-state index contributed by atoms with van der Waals surface area (Å²) in [6.45, 7) is 21.3. The number of hydrogen-bond acceptors (Lipinski definition) is 2. The van der Waals surface area contributed by atoms with Gasteiger partial charge in [0.05, 0.1) is 11.5 Å². The van der Waals surface area contributed by atoms with E-state index in [1.54, 1.807) is 11.1 Å². The maximum Gasteiger partial charge on any atom is 0.140 e. The van der Waals surface area contributed by atoms with E-state index in [1.165, 1.54) is 51.4 Å². The lowest BCUT2D eigenvalue weighted by atomic mass is 9.39. The molecule has 3 saturated carbocycles. The largest absolute Gasteiger partial charge is 0.393 e. The lowest BCUT2D eigenvalue weighted by Crippen LogP contribution is -2.60. The van der Waals surface area contributed by atoms with Crippen LogP contribution in [0.15, 0.2) is 11.1 Å². The number of aliphatic hydroxyl groups is 1. The molecule has 0 spiro atoms. The van der Waals surface area contributed by atoms with E-state index in [0.717, 1.165) is 25.7 Å². The van der Waals surface area contributed by atoms with Gasteiger partial charge >= 0.3 is 0 Å². The Morgan fingerprint density at radius 1 is 0.889 bits per heavy atom. The molecule has 0 aliphatic heterocycles. The third-order valence-electron chi connectivity index (χ3n) is 13.3. The molecule has 0 aromatic rings. The average Bonchev–Trinajstić information content (AvgIpc) is 3.13. The standard InChI is InChI=1S/C34H58O2/c1-10-25-15-19-34(24(6)35)21-23(5)26(11-2)30(34)22(4)13-14-28-32(9)18-17-29(36)31(7,8)27(32)16-20-33(25,28)12-3/h22-23,25,27-29,36H,10-21H2,1-9H3/t22-,23?,25-,27?,28?,29+,32+,33?,34+/m1/s1. The number of aliphatic hydroxyl groups excluding tert-OH is 1. The summed E-state index contributed by atoms with van der Waals surface area (Å²) in [4.78, 5) is 13.5. The zero-order valence-corrected chi connectivity index (χ0v) is 25.3. The maximum atomic E-state index is 13.5. The van der Waals surface area contributed by atoms with Gasteiger partial charge in [0, 0.05) is 0 Å². The van der Waals surface area contributed by atoms with E-state index in [9.17, 15) is 9.90 Å². The topological polar surface area (TPSA) is 37.3 Å². The van der Waals surface area contributed by atoms with Gasteiger partial charge in [-0.05, 0) is 123 Å². The minimum atomic E-state index is -0.211. The Morgan fingerprint density at radius 3 is 2.17 bits per heavy atom. The maximum absolute atomic E-state index is 13.5. The highest BCUT2D eigenvalue weighted by molar-refractivity contribution is 5.87. The Bertz CT molecular complexity index is 868. The Balaban J connectivity index is 1.83. The van der Waals surface area contributed by atoms with Crippen LogP contribution in [-0.4, -0.2) is 17.0 Å². The van der Waals surface area contributed by atoms with Crippen LogP contribution in [0.2, 0.25) is 0 Å². The molecule has 0 heterocycles. The minimum Gasteiger partial charge on any atom is -0.393 e. The van der Waals surface area contributed by atoms with Crippen LogP contribution in [0.1, 0.15) is 139 Å². The lowest BCUT2D eigenvalue weighted by molar-refractivity contribution is -0.191. The van der Waals surface area contributed by atoms with E-state index in [1.807, 2.05) is 6.92 Å². The monoisotopic (exact) mass is 498 g/mol. The Hall–Kier alpha value is -0.630. The summed E-state index contributed by atoms with van der Waals surface area (Å²) < 4.78 is 0. The second-order valence-corrected chi connectivity index (χ2v) is 14.8. The van der Waals surface area contributed by atoms with Crippen molar-refractivity contribution >= 4 is 5.78 Å². The third kappa shape index (κ3) is 3.93. The van der Waals surface area contributed by atoms with Crippen LogP contribution in [0.3, 0.4) is 0 Å². The average molecular weight is 499 g/mol. The van der Waals surface area contributed by atoms with Gasteiger partial charge in [-0.2, -0.15) is 0 Å². The fourth-order valence-electron chi connectivity index (χ4n) is 11.5. The van der Waals surface area contributed by atoms with Crippen LogP contribution >= 0.6 is 0 Å².